The summed E-state index contributed by atoms with van der Waals surface area (Å²) in [5, 5.41) is 12.3. The number of H-pyrrole nitrogens is 1. The van der Waals surface area contributed by atoms with E-state index in [0.29, 0.717) is 0 Å². The molecule has 116 valence electrons. The van der Waals surface area contributed by atoms with Gasteiger partial charge in [-0.2, -0.15) is 0 Å². The number of fused-ring (bicyclic) bond motifs is 1. The van der Waals surface area contributed by atoms with Gasteiger partial charge in [0.25, 0.3) is 0 Å². The number of carboxylic acids is 1. The highest BCUT2D eigenvalue weighted by Crippen LogP contribution is 2.22. The lowest BCUT2D eigenvalue weighted by Gasteiger charge is -2.36. The lowest BCUT2D eigenvalue weighted by molar-refractivity contribution is -0.142. The van der Waals surface area contributed by atoms with Crippen molar-refractivity contribution in [2.24, 2.45) is 0 Å². The van der Waals surface area contributed by atoms with Crippen LogP contribution in [0, 0.1) is 0 Å². The monoisotopic (exact) mass is 294 g/mol. The minimum absolute atomic E-state index is 0.233. The molecule has 0 aliphatic carbocycles. The predicted molar refractivity (Wildman–Crippen MR) is 76.8 cm³/mol. The van der Waals surface area contributed by atoms with Gasteiger partial charge in [0, 0.05) is 12.0 Å². The highest BCUT2D eigenvalue weighted by Gasteiger charge is 2.37. The molecule has 0 spiro atoms. The van der Waals surface area contributed by atoms with Crippen LogP contribution in [0.3, 0.4) is 0 Å². The number of aromatic nitrogens is 2. The van der Waals surface area contributed by atoms with Crippen LogP contribution in [0.25, 0.3) is 0 Å². The van der Waals surface area contributed by atoms with Gasteiger partial charge in [0.1, 0.15) is 6.04 Å². The van der Waals surface area contributed by atoms with E-state index in [1.165, 1.54) is 11.2 Å². The van der Waals surface area contributed by atoms with Gasteiger partial charge in [-0.1, -0.05) is 13.8 Å². The summed E-state index contributed by atoms with van der Waals surface area (Å²) in [6, 6.07) is -1.22. The van der Waals surface area contributed by atoms with Gasteiger partial charge < -0.3 is 20.3 Å². The third kappa shape index (κ3) is 3.01. The predicted octanol–water partition coefficient (Wildman–Crippen LogP) is 1.51. The van der Waals surface area contributed by atoms with Crippen molar-refractivity contribution in [1.29, 1.82) is 0 Å². The number of nitrogens with zero attached hydrogens (tertiary/aromatic N) is 2. The molecule has 0 bridgehead atoms. The van der Waals surface area contributed by atoms with Crippen LogP contribution in [0.5, 0.6) is 0 Å². The number of urea groups is 1. The highest BCUT2D eigenvalue weighted by atomic mass is 16.4. The minimum Gasteiger partial charge on any atom is -0.480 e. The first-order chi connectivity index (χ1) is 9.90. The Labute approximate surface area is 123 Å². The lowest BCUT2D eigenvalue weighted by atomic mass is 9.95. The molecule has 1 aromatic rings. The number of imidazole rings is 1. The first-order valence-corrected chi connectivity index (χ1v) is 7.23. The summed E-state index contributed by atoms with van der Waals surface area (Å²) >= 11 is 0. The van der Waals surface area contributed by atoms with Gasteiger partial charge in [0.15, 0.2) is 0 Å². The number of carboxylic acid groups (broad SMARTS) is 1. The number of hydrogen-bond acceptors (Lipinski definition) is 3. The second kappa shape index (κ2) is 5.75. The molecular weight excluding hydrogens is 272 g/mol. The molecule has 1 aliphatic rings. The van der Waals surface area contributed by atoms with E-state index in [1.54, 1.807) is 0 Å². The Bertz CT molecular complexity index is 536. The maximum atomic E-state index is 12.5. The van der Waals surface area contributed by atoms with Gasteiger partial charge in [0.2, 0.25) is 0 Å². The third-order valence-corrected chi connectivity index (χ3v) is 4.41. The Balaban J connectivity index is 2.20. The highest BCUT2D eigenvalue weighted by molar-refractivity contribution is 5.83. The Hall–Kier alpha value is -2.05. The van der Waals surface area contributed by atoms with Crippen LogP contribution in [0.2, 0.25) is 0 Å². The van der Waals surface area contributed by atoms with Gasteiger partial charge in [-0.25, -0.2) is 14.6 Å². The molecule has 3 N–H and O–H groups in total. The molecule has 7 nitrogen and oxygen atoms in total. The van der Waals surface area contributed by atoms with Crippen molar-refractivity contribution in [3.63, 3.8) is 0 Å². The topological polar surface area (TPSA) is 98.3 Å². The fourth-order valence-electron chi connectivity index (χ4n) is 2.43. The molecule has 2 heterocycles. The number of rotatable bonds is 4. The number of aliphatic carboxylic acids is 1. The fourth-order valence-corrected chi connectivity index (χ4v) is 2.43. The molecule has 0 saturated heterocycles. The molecule has 2 rings (SSSR count). The van der Waals surface area contributed by atoms with E-state index >= 15 is 0 Å². The average Bonchev–Trinajstić information content (AvgIpc) is 2.92. The van der Waals surface area contributed by atoms with Crippen LogP contribution in [-0.4, -0.2) is 43.6 Å². The average molecular weight is 294 g/mol. The van der Waals surface area contributed by atoms with Gasteiger partial charge in [-0.3, -0.25) is 0 Å². The summed E-state index contributed by atoms with van der Waals surface area (Å²) in [6.45, 7) is 6.21. The number of carbonyl (C=O) groups excluding carboxylic acids is 1. The number of aromatic amines is 1. The minimum atomic E-state index is -1.01. The van der Waals surface area contributed by atoms with Gasteiger partial charge in [0.05, 0.1) is 24.3 Å². The van der Waals surface area contributed by atoms with Crippen LogP contribution >= 0.6 is 0 Å². The maximum absolute atomic E-state index is 12.5. The molecule has 1 aromatic heterocycles. The second-order valence-electron chi connectivity index (χ2n) is 5.71. The molecule has 21 heavy (non-hydrogen) atoms. The number of hydrogen-bond donors (Lipinski definition) is 3. The summed E-state index contributed by atoms with van der Waals surface area (Å²) in [6.07, 6.45) is 3.34. The first-order valence-electron chi connectivity index (χ1n) is 7.23. The molecule has 1 atom stereocenters. The smallest absolute Gasteiger partial charge is 0.326 e. The number of carbonyl (C=O) groups is 2. The third-order valence-electron chi connectivity index (χ3n) is 4.41. The molecule has 0 fully saturated rings. The zero-order valence-electron chi connectivity index (χ0n) is 12.6. The van der Waals surface area contributed by atoms with Crippen molar-refractivity contribution in [2.75, 3.05) is 0 Å². The molecule has 2 amide bonds. The van der Waals surface area contributed by atoms with Gasteiger partial charge >= 0.3 is 12.0 Å². The van der Waals surface area contributed by atoms with E-state index in [1.807, 2.05) is 20.8 Å². The SMILES string of the molecule is CCC(C)(CC)NC(=O)N1Cc2[nH]cnc2CC1C(=O)O. The summed E-state index contributed by atoms with van der Waals surface area (Å²) in [5.41, 5.74) is 1.20. The van der Waals surface area contributed by atoms with Gasteiger partial charge in [-0.05, 0) is 19.8 Å². The van der Waals surface area contributed by atoms with Crippen molar-refractivity contribution in [1.82, 2.24) is 20.2 Å². The Morgan fingerprint density at radius 1 is 1.52 bits per heavy atom. The summed E-state index contributed by atoms with van der Waals surface area (Å²) < 4.78 is 0. The fraction of sp³-hybridized carbons (Fsp3) is 0.643. The van der Waals surface area contributed by atoms with Crippen molar-refractivity contribution >= 4 is 12.0 Å². The molecular formula is C14H22N4O3. The first kappa shape index (κ1) is 15.3. The number of nitrogens with one attached hydrogen (secondary N) is 2. The molecule has 7 heteroatoms. The maximum Gasteiger partial charge on any atom is 0.326 e. The van der Waals surface area contributed by atoms with E-state index in [4.69, 9.17) is 0 Å². The molecule has 0 saturated carbocycles. The van der Waals surface area contributed by atoms with Gasteiger partial charge in [-0.15, -0.1) is 0 Å². The standard InChI is InChI=1S/C14H22N4O3/c1-4-14(3,5-2)17-13(21)18-7-10-9(15-8-16-10)6-11(18)12(19)20/h8,11H,4-7H2,1-3H3,(H,15,16)(H,17,21)(H,19,20). The van der Waals surface area contributed by atoms with Crippen molar-refractivity contribution in [3.8, 4) is 0 Å². The lowest BCUT2D eigenvalue weighted by Crippen LogP contribution is -2.57. The molecule has 0 aromatic carbocycles. The van der Waals surface area contributed by atoms with Crippen molar-refractivity contribution in [2.45, 2.75) is 58.2 Å². The van der Waals surface area contributed by atoms with Crippen LogP contribution < -0.4 is 5.32 Å². The zero-order valence-corrected chi connectivity index (χ0v) is 12.6. The van der Waals surface area contributed by atoms with E-state index in [2.05, 4.69) is 15.3 Å². The summed E-state index contributed by atoms with van der Waals surface area (Å²) in [7, 11) is 0. The van der Waals surface area contributed by atoms with E-state index < -0.39 is 12.0 Å². The summed E-state index contributed by atoms with van der Waals surface area (Å²) in [5.74, 6) is -1.01. The van der Waals surface area contributed by atoms with Crippen LogP contribution in [0.15, 0.2) is 6.33 Å². The van der Waals surface area contributed by atoms with Crippen LogP contribution in [-0.2, 0) is 17.8 Å². The van der Waals surface area contributed by atoms with Crippen LogP contribution in [0.4, 0.5) is 4.79 Å². The summed E-state index contributed by atoms with van der Waals surface area (Å²) in [4.78, 5) is 32.4. The Morgan fingerprint density at radius 3 is 2.76 bits per heavy atom. The Morgan fingerprint density at radius 2 is 2.19 bits per heavy atom. The molecule has 1 aliphatic heterocycles. The molecule has 1 unspecified atom stereocenters. The van der Waals surface area contributed by atoms with Crippen molar-refractivity contribution in [3.05, 3.63) is 17.7 Å². The number of amides is 2. The Kier molecular flexibility index (Phi) is 4.20. The van der Waals surface area contributed by atoms with Crippen molar-refractivity contribution < 1.29 is 14.7 Å². The quantitative estimate of drug-likeness (QED) is 0.784. The second-order valence-corrected chi connectivity index (χ2v) is 5.71. The van der Waals surface area contributed by atoms with Crippen LogP contribution in [0.1, 0.15) is 45.0 Å². The normalized spacial score (nSPS) is 18.2. The zero-order chi connectivity index (χ0) is 15.6. The van der Waals surface area contributed by atoms with E-state index in [9.17, 15) is 14.7 Å². The van der Waals surface area contributed by atoms with E-state index in [-0.39, 0.29) is 24.5 Å². The largest absolute Gasteiger partial charge is 0.480 e. The van der Waals surface area contributed by atoms with E-state index in [0.717, 1.165) is 24.2 Å². The molecule has 0 radical (unpaired) electrons.